The zero-order valence-electron chi connectivity index (χ0n) is 31.1. The van der Waals surface area contributed by atoms with Crippen LogP contribution >= 0.6 is 0 Å². The van der Waals surface area contributed by atoms with Gasteiger partial charge >= 0.3 is 0 Å². The molecule has 0 fully saturated rings. The molecule has 0 unspecified atom stereocenters. The first kappa shape index (κ1) is 32.3. The maximum Gasteiger partial charge on any atom is 0.164 e. The molecular weight excluding hydrogens is 681 g/mol. The number of rotatable bonds is 5. The average Bonchev–Trinajstić information content (AvgIpc) is 3.73. The maximum atomic E-state index is 5.13. The molecule has 0 spiro atoms. The van der Waals surface area contributed by atoms with E-state index in [9.17, 15) is 0 Å². The topological polar surface area (TPSA) is 43.6 Å². The monoisotopic (exact) mass is 716 g/mol. The molecule has 0 N–H and O–H groups in total. The van der Waals surface area contributed by atoms with Crippen molar-refractivity contribution in [3.05, 3.63) is 193 Å². The second-order valence-corrected chi connectivity index (χ2v) is 15.2. The molecule has 4 nitrogen and oxygen atoms in total. The maximum absolute atomic E-state index is 5.13. The molecule has 0 radical (unpaired) electrons. The van der Waals surface area contributed by atoms with Crippen LogP contribution in [-0.4, -0.2) is 19.5 Å². The minimum Gasteiger partial charge on any atom is -0.309 e. The fourth-order valence-electron chi connectivity index (χ4n) is 9.02. The van der Waals surface area contributed by atoms with E-state index in [1.807, 2.05) is 36.4 Å². The highest BCUT2D eigenvalue weighted by molar-refractivity contribution is 6.27. The van der Waals surface area contributed by atoms with Gasteiger partial charge in [0.05, 0.1) is 11.0 Å². The molecule has 2 aromatic heterocycles. The SMILES string of the molecule is CC1(C)c2ccccc2-c2c1c1c(c3ccccc23)c2cc(-c3nc(-c4ccccc4)nc(-c4ccccc4)n3)ccc2n1-c1ccc(-c2ccccc2)cc1. The van der Waals surface area contributed by atoms with Crippen molar-refractivity contribution in [2.45, 2.75) is 19.3 Å². The van der Waals surface area contributed by atoms with E-state index < -0.39 is 0 Å². The number of hydrogen-bond donors (Lipinski definition) is 0. The van der Waals surface area contributed by atoms with Crippen LogP contribution in [0.2, 0.25) is 0 Å². The first-order valence-electron chi connectivity index (χ1n) is 19.2. The Morgan fingerprint density at radius 1 is 0.429 bits per heavy atom. The van der Waals surface area contributed by atoms with Gasteiger partial charge in [-0.15, -0.1) is 0 Å². The van der Waals surface area contributed by atoms with E-state index >= 15 is 0 Å². The molecular formula is C52H36N4. The number of nitrogens with zero attached hydrogens (tertiary/aromatic N) is 4. The third-order valence-electron chi connectivity index (χ3n) is 11.6. The molecule has 56 heavy (non-hydrogen) atoms. The third-order valence-corrected chi connectivity index (χ3v) is 11.6. The number of fused-ring (bicyclic) bond motifs is 10. The van der Waals surface area contributed by atoms with Gasteiger partial charge in [0.15, 0.2) is 17.5 Å². The Morgan fingerprint density at radius 3 is 1.57 bits per heavy atom. The summed E-state index contributed by atoms with van der Waals surface area (Å²) < 4.78 is 2.50. The van der Waals surface area contributed by atoms with E-state index in [-0.39, 0.29) is 5.41 Å². The van der Waals surface area contributed by atoms with Gasteiger partial charge < -0.3 is 4.57 Å². The zero-order chi connectivity index (χ0) is 37.4. The molecule has 1 aliphatic rings. The Hall–Kier alpha value is -7.17. The van der Waals surface area contributed by atoms with E-state index in [1.54, 1.807) is 0 Å². The van der Waals surface area contributed by atoms with Gasteiger partial charge in [0.1, 0.15) is 0 Å². The van der Waals surface area contributed by atoms with E-state index in [0.29, 0.717) is 17.5 Å². The lowest BCUT2D eigenvalue weighted by Crippen LogP contribution is -2.16. The van der Waals surface area contributed by atoms with Crippen molar-refractivity contribution in [3.63, 3.8) is 0 Å². The molecule has 1 aliphatic carbocycles. The summed E-state index contributed by atoms with van der Waals surface area (Å²) in [5.41, 5.74) is 13.9. The van der Waals surface area contributed by atoms with Crippen molar-refractivity contribution < 1.29 is 0 Å². The molecule has 264 valence electrons. The standard InChI is InChI=1S/C52H36N4/c1-52(2)43-25-15-14-24-41(43)45-39-22-12-13-23-40(39)46-42-32-37(51-54-49(35-18-8-4-9-19-35)53-50(55-51)36-20-10-5-11-21-36)28-31-44(42)56(48(46)47(45)52)38-29-26-34(27-30-38)33-16-6-3-7-17-33/h3-32H,1-2H3. The summed E-state index contributed by atoms with van der Waals surface area (Å²) >= 11 is 0. The average molecular weight is 717 g/mol. The zero-order valence-corrected chi connectivity index (χ0v) is 31.1. The first-order valence-corrected chi connectivity index (χ1v) is 19.2. The fourth-order valence-corrected chi connectivity index (χ4v) is 9.02. The van der Waals surface area contributed by atoms with Gasteiger partial charge in [0.25, 0.3) is 0 Å². The Labute approximate surface area is 325 Å². The van der Waals surface area contributed by atoms with Crippen LogP contribution in [0.4, 0.5) is 0 Å². The molecule has 8 aromatic carbocycles. The van der Waals surface area contributed by atoms with Gasteiger partial charge in [0.2, 0.25) is 0 Å². The quantitative estimate of drug-likeness (QED) is 0.178. The van der Waals surface area contributed by atoms with Crippen LogP contribution in [0.25, 0.3) is 94.7 Å². The van der Waals surface area contributed by atoms with Gasteiger partial charge in [-0.2, -0.15) is 0 Å². The minimum absolute atomic E-state index is 0.240. The van der Waals surface area contributed by atoms with Crippen LogP contribution in [0.3, 0.4) is 0 Å². The predicted octanol–water partition coefficient (Wildman–Crippen LogP) is 13.1. The second-order valence-electron chi connectivity index (χ2n) is 15.2. The summed E-state index contributed by atoms with van der Waals surface area (Å²) in [7, 11) is 0. The van der Waals surface area contributed by atoms with Crippen LogP contribution in [-0.2, 0) is 5.41 Å². The van der Waals surface area contributed by atoms with Crippen LogP contribution in [0, 0.1) is 0 Å². The summed E-state index contributed by atoms with van der Waals surface area (Å²) in [5, 5.41) is 4.92. The molecule has 10 aromatic rings. The smallest absolute Gasteiger partial charge is 0.164 e. The van der Waals surface area contributed by atoms with Crippen molar-refractivity contribution in [1.82, 2.24) is 19.5 Å². The van der Waals surface area contributed by atoms with Crippen LogP contribution in [0.1, 0.15) is 25.0 Å². The van der Waals surface area contributed by atoms with Gasteiger partial charge in [-0.1, -0.05) is 166 Å². The Kier molecular flexibility index (Phi) is 7.17. The van der Waals surface area contributed by atoms with Crippen molar-refractivity contribution in [3.8, 4) is 62.1 Å². The minimum atomic E-state index is -0.240. The molecule has 0 bridgehead atoms. The summed E-state index contributed by atoms with van der Waals surface area (Å²) in [6.45, 7) is 4.78. The highest BCUT2D eigenvalue weighted by Crippen LogP contribution is 2.56. The molecule has 0 aliphatic heterocycles. The highest BCUT2D eigenvalue weighted by Gasteiger charge is 2.40. The number of benzene rings is 8. The molecule has 2 heterocycles. The van der Waals surface area contributed by atoms with Gasteiger partial charge in [-0.25, -0.2) is 15.0 Å². The van der Waals surface area contributed by atoms with Crippen molar-refractivity contribution in [1.29, 1.82) is 0 Å². The van der Waals surface area contributed by atoms with E-state index in [1.165, 1.54) is 60.4 Å². The normalized spacial score (nSPS) is 13.0. The molecule has 0 amide bonds. The van der Waals surface area contributed by atoms with E-state index in [0.717, 1.165) is 27.9 Å². The number of aromatic nitrogens is 4. The van der Waals surface area contributed by atoms with Crippen LogP contribution in [0.15, 0.2) is 182 Å². The second kappa shape index (κ2) is 12.4. The van der Waals surface area contributed by atoms with Crippen molar-refractivity contribution in [2.75, 3.05) is 0 Å². The van der Waals surface area contributed by atoms with Crippen LogP contribution in [0.5, 0.6) is 0 Å². The van der Waals surface area contributed by atoms with Gasteiger partial charge in [0, 0.05) is 38.6 Å². The lowest BCUT2D eigenvalue weighted by atomic mass is 9.80. The number of hydrogen-bond acceptors (Lipinski definition) is 3. The van der Waals surface area contributed by atoms with E-state index in [2.05, 4.69) is 164 Å². The van der Waals surface area contributed by atoms with Crippen molar-refractivity contribution in [2.24, 2.45) is 0 Å². The first-order chi connectivity index (χ1) is 27.5. The largest absolute Gasteiger partial charge is 0.309 e. The molecule has 0 saturated heterocycles. The summed E-state index contributed by atoms with van der Waals surface area (Å²) in [6, 6.07) is 64.7. The fraction of sp³-hybridized carbons (Fsp3) is 0.0577. The summed E-state index contributed by atoms with van der Waals surface area (Å²) in [4.78, 5) is 15.2. The Balaban J connectivity index is 1.23. The Morgan fingerprint density at radius 2 is 0.929 bits per heavy atom. The lowest BCUT2D eigenvalue weighted by Gasteiger charge is -2.24. The lowest BCUT2D eigenvalue weighted by molar-refractivity contribution is 0.664. The molecule has 0 saturated carbocycles. The molecule has 0 atom stereocenters. The van der Waals surface area contributed by atoms with Crippen LogP contribution < -0.4 is 0 Å². The molecule has 11 rings (SSSR count). The highest BCUT2D eigenvalue weighted by atomic mass is 15.0. The predicted molar refractivity (Wildman–Crippen MR) is 231 cm³/mol. The van der Waals surface area contributed by atoms with Gasteiger partial charge in [-0.05, 0) is 74.5 Å². The Bertz CT molecular complexity index is 3070. The molecule has 4 heteroatoms. The summed E-state index contributed by atoms with van der Waals surface area (Å²) in [6.07, 6.45) is 0. The van der Waals surface area contributed by atoms with E-state index in [4.69, 9.17) is 15.0 Å². The third kappa shape index (κ3) is 4.89. The van der Waals surface area contributed by atoms with Crippen molar-refractivity contribution >= 4 is 32.6 Å². The summed E-state index contributed by atoms with van der Waals surface area (Å²) in [5.74, 6) is 1.95. The van der Waals surface area contributed by atoms with Gasteiger partial charge in [-0.3, -0.25) is 0 Å².